The summed E-state index contributed by atoms with van der Waals surface area (Å²) in [7, 11) is 0. The third kappa shape index (κ3) is 3.33. The standard InChI is InChI=1S/C30H32O/c1-19-17-26(28-22(4)20(2)21(3)23(28)5)29(31)27(18-19)30(6,24-13-9-7-10-14-24)25-15-11-8-12-16-25/h7-18,28,31H,1-6H3. The van der Waals surface area contributed by atoms with Crippen molar-refractivity contribution in [3.05, 3.63) is 123 Å². The fourth-order valence-corrected chi connectivity index (χ4v) is 5.24. The molecule has 3 aromatic rings. The van der Waals surface area contributed by atoms with Crippen LogP contribution in [0.15, 0.2) is 95.1 Å². The lowest BCUT2D eigenvalue weighted by molar-refractivity contribution is 0.449. The van der Waals surface area contributed by atoms with Gasteiger partial charge in [0.2, 0.25) is 0 Å². The Morgan fingerprint density at radius 2 is 1.13 bits per heavy atom. The van der Waals surface area contributed by atoms with Crippen molar-refractivity contribution in [2.45, 2.75) is 52.9 Å². The normalized spacial score (nSPS) is 15.2. The van der Waals surface area contributed by atoms with Crippen LogP contribution in [0.1, 0.15) is 68.4 Å². The van der Waals surface area contributed by atoms with Crippen molar-refractivity contribution in [3.63, 3.8) is 0 Å². The highest BCUT2D eigenvalue weighted by Gasteiger charge is 2.36. The van der Waals surface area contributed by atoms with Crippen molar-refractivity contribution in [2.75, 3.05) is 0 Å². The van der Waals surface area contributed by atoms with Crippen molar-refractivity contribution in [2.24, 2.45) is 0 Å². The first kappa shape index (κ1) is 21.2. The van der Waals surface area contributed by atoms with Crippen LogP contribution < -0.4 is 0 Å². The zero-order chi connectivity index (χ0) is 22.3. The van der Waals surface area contributed by atoms with E-state index < -0.39 is 5.41 Å². The molecule has 1 aliphatic carbocycles. The molecule has 0 radical (unpaired) electrons. The molecule has 0 heterocycles. The summed E-state index contributed by atoms with van der Waals surface area (Å²) in [6, 6.07) is 25.4. The Balaban J connectivity index is 2.01. The van der Waals surface area contributed by atoms with Crippen molar-refractivity contribution in [1.29, 1.82) is 0 Å². The number of hydrogen-bond donors (Lipinski definition) is 1. The van der Waals surface area contributed by atoms with Gasteiger partial charge in [-0.15, -0.1) is 0 Å². The third-order valence-corrected chi connectivity index (χ3v) is 7.45. The summed E-state index contributed by atoms with van der Waals surface area (Å²) in [6.45, 7) is 13.2. The van der Waals surface area contributed by atoms with Crippen molar-refractivity contribution >= 4 is 0 Å². The number of aryl methyl sites for hydroxylation is 1. The summed E-state index contributed by atoms with van der Waals surface area (Å²) in [6.07, 6.45) is 0. The van der Waals surface area contributed by atoms with Crippen molar-refractivity contribution in [1.82, 2.24) is 0 Å². The Bertz CT molecular complexity index is 1120. The van der Waals surface area contributed by atoms with E-state index in [0.717, 1.165) is 11.1 Å². The van der Waals surface area contributed by atoms with Gasteiger partial charge in [-0.25, -0.2) is 0 Å². The van der Waals surface area contributed by atoms with Crippen LogP contribution in [0.25, 0.3) is 0 Å². The van der Waals surface area contributed by atoms with E-state index in [1.54, 1.807) is 0 Å². The van der Waals surface area contributed by atoms with Gasteiger partial charge < -0.3 is 5.11 Å². The molecule has 4 rings (SSSR count). The van der Waals surface area contributed by atoms with Crippen LogP contribution in [0.5, 0.6) is 5.75 Å². The second-order valence-electron chi connectivity index (χ2n) is 9.16. The van der Waals surface area contributed by atoms with Crippen molar-refractivity contribution in [3.8, 4) is 5.75 Å². The molecule has 0 fully saturated rings. The first-order chi connectivity index (χ1) is 14.8. The van der Waals surface area contributed by atoms with Gasteiger partial charge in [-0.1, -0.05) is 89.5 Å². The molecule has 1 heteroatoms. The molecule has 1 nitrogen and oxygen atoms in total. The summed E-state index contributed by atoms with van der Waals surface area (Å²) in [5, 5.41) is 11.8. The predicted molar refractivity (Wildman–Crippen MR) is 131 cm³/mol. The third-order valence-electron chi connectivity index (χ3n) is 7.45. The van der Waals surface area contributed by atoms with Crippen LogP contribution in [0, 0.1) is 6.92 Å². The lowest BCUT2D eigenvalue weighted by Gasteiger charge is -2.34. The van der Waals surface area contributed by atoms with Gasteiger partial charge in [0.15, 0.2) is 0 Å². The number of allylic oxidation sites excluding steroid dienone is 4. The molecular weight excluding hydrogens is 376 g/mol. The van der Waals surface area contributed by atoms with E-state index in [4.69, 9.17) is 0 Å². The average Bonchev–Trinajstić information content (AvgIpc) is 2.98. The highest BCUT2D eigenvalue weighted by atomic mass is 16.3. The van der Waals surface area contributed by atoms with Gasteiger partial charge in [0, 0.05) is 22.5 Å². The van der Waals surface area contributed by atoms with Crippen LogP contribution in [-0.2, 0) is 5.41 Å². The van der Waals surface area contributed by atoms with Crippen LogP contribution >= 0.6 is 0 Å². The molecule has 0 amide bonds. The van der Waals surface area contributed by atoms with E-state index in [2.05, 4.69) is 102 Å². The van der Waals surface area contributed by atoms with Crippen LogP contribution in [0.2, 0.25) is 0 Å². The number of phenolic OH excluding ortho intramolecular Hbond substituents is 1. The lowest BCUT2D eigenvalue weighted by Crippen LogP contribution is -2.26. The molecule has 0 aromatic heterocycles. The molecule has 158 valence electrons. The van der Waals surface area contributed by atoms with Crippen LogP contribution in [0.4, 0.5) is 0 Å². The first-order valence-electron chi connectivity index (χ1n) is 11.1. The maximum atomic E-state index is 11.8. The number of hydrogen-bond acceptors (Lipinski definition) is 1. The Kier molecular flexibility index (Phi) is 5.39. The van der Waals surface area contributed by atoms with Crippen LogP contribution in [0.3, 0.4) is 0 Å². The molecule has 0 saturated carbocycles. The second-order valence-corrected chi connectivity index (χ2v) is 9.16. The van der Waals surface area contributed by atoms with E-state index in [1.165, 1.54) is 39.0 Å². The molecule has 3 aromatic carbocycles. The van der Waals surface area contributed by atoms with Gasteiger partial charge in [0.05, 0.1) is 0 Å². The molecule has 0 unspecified atom stereocenters. The fraction of sp³-hybridized carbons (Fsp3) is 0.267. The fourth-order valence-electron chi connectivity index (χ4n) is 5.24. The molecular formula is C30H32O. The number of aromatic hydroxyl groups is 1. The number of benzene rings is 3. The summed E-state index contributed by atoms with van der Waals surface area (Å²) < 4.78 is 0. The van der Waals surface area contributed by atoms with Gasteiger partial charge in [-0.05, 0) is 63.8 Å². The molecule has 0 saturated heterocycles. The second kappa shape index (κ2) is 7.89. The zero-order valence-corrected chi connectivity index (χ0v) is 19.5. The molecule has 0 spiro atoms. The van der Waals surface area contributed by atoms with Gasteiger partial charge in [-0.3, -0.25) is 0 Å². The Hall–Kier alpha value is -3.06. The SMILES string of the molecule is CC1=C(C)C(c2cc(C)cc(C(C)(c3ccccc3)c3ccccc3)c2O)C(C)=C1C. The predicted octanol–water partition coefficient (Wildman–Crippen LogP) is 7.82. The average molecular weight is 409 g/mol. The minimum atomic E-state index is -0.467. The maximum absolute atomic E-state index is 11.8. The van der Waals surface area contributed by atoms with Crippen LogP contribution in [-0.4, -0.2) is 5.11 Å². The maximum Gasteiger partial charge on any atom is 0.124 e. The summed E-state index contributed by atoms with van der Waals surface area (Å²) >= 11 is 0. The Morgan fingerprint density at radius 3 is 1.58 bits per heavy atom. The summed E-state index contributed by atoms with van der Waals surface area (Å²) in [4.78, 5) is 0. The van der Waals surface area contributed by atoms with E-state index >= 15 is 0 Å². The molecule has 0 atom stereocenters. The van der Waals surface area contributed by atoms with Crippen molar-refractivity contribution < 1.29 is 5.11 Å². The summed E-state index contributed by atoms with van der Waals surface area (Å²) in [5.74, 6) is 0.543. The smallest absolute Gasteiger partial charge is 0.124 e. The van der Waals surface area contributed by atoms with Gasteiger partial charge in [-0.2, -0.15) is 0 Å². The van der Waals surface area contributed by atoms with Gasteiger partial charge in [0.1, 0.15) is 5.75 Å². The van der Waals surface area contributed by atoms with E-state index in [0.29, 0.717) is 5.75 Å². The largest absolute Gasteiger partial charge is 0.507 e. The molecule has 0 bridgehead atoms. The topological polar surface area (TPSA) is 20.2 Å². The highest BCUT2D eigenvalue weighted by Crippen LogP contribution is 2.50. The van der Waals surface area contributed by atoms with E-state index in [1.807, 2.05) is 12.1 Å². The summed E-state index contributed by atoms with van der Waals surface area (Å²) in [5.41, 5.74) is 10.4. The first-order valence-corrected chi connectivity index (χ1v) is 11.1. The molecule has 0 aliphatic heterocycles. The molecule has 31 heavy (non-hydrogen) atoms. The lowest BCUT2D eigenvalue weighted by atomic mass is 9.69. The Labute approximate surface area is 186 Å². The minimum absolute atomic E-state index is 0.134. The molecule has 1 aliphatic rings. The number of rotatable bonds is 4. The van der Waals surface area contributed by atoms with Gasteiger partial charge in [0.25, 0.3) is 0 Å². The van der Waals surface area contributed by atoms with E-state index in [-0.39, 0.29) is 5.92 Å². The minimum Gasteiger partial charge on any atom is -0.507 e. The Morgan fingerprint density at radius 1 is 0.677 bits per heavy atom. The zero-order valence-electron chi connectivity index (χ0n) is 19.5. The number of phenols is 1. The monoisotopic (exact) mass is 408 g/mol. The van der Waals surface area contributed by atoms with E-state index in [9.17, 15) is 5.11 Å². The molecule has 1 N–H and O–H groups in total. The van der Waals surface area contributed by atoms with Gasteiger partial charge >= 0.3 is 0 Å². The highest BCUT2D eigenvalue weighted by molar-refractivity contribution is 5.63. The quantitative estimate of drug-likeness (QED) is 0.436.